The second-order valence-electron chi connectivity index (χ2n) is 6.15. The first-order valence-corrected chi connectivity index (χ1v) is 8.32. The third-order valence-electron chi connectivity index (χ3n) is 4.45. The van der Waals surface area contributed by atoms with Crippen molar-refractivity contribution in [3.8, 4) is 0 Å². The number of amides is 2. The summed E-state index contributed by atoms with van der Waals surface area (Å²) in [6, 6.07) is 7.24. The number of furan rings is 2. The van der Waals surface area contributed by atoms with Crippen LogP contribution in [-0.4, -0.2) is 11.8 Å². The van der Waals surface area contributed by atoms with Crippen LogP contribution in [0.5, 0.6) is 0 Å². The van der Waals surface area contributed by atoms with E-state index in [1.54, 1.807) is 24.7 Å². The molecule has 2 N–H and O–H groups in total. The van der Waals surface area contributed by atoms with Gasteiger partial charge in [-0.3, -0.25) is 9.59 Å². The van der Waals surface area contributed by atoms with Crippen LogP contribution in [0.15, 0.2) is 45.6 Å². The van der Waals surface area contributed by atoms with Crippen molar-refractivity contribution in [1.29, 1.82) is 0 Å². The Labute approximate surface area is 140 Å². The Morgan fingerprint density at radius 1 is 0.917 bits per heavy atom. The van der Waals surface area contributed by atoms with Gasteiger partial charge in [-0.2, -0.15) is 0 Å². The standard InChI is InChI=1S/C18H22N2O4/c21-17(19-11-15-6-2-8-23-15)13-4-1-5-14(10-13)18(22)20-12-16-7-3-9-24-16/h2-3,6-9,13-14H,1,4-5,10-12H2,(H,19,21)(H,20,22). The van der Waals surface area contributed by atoms with Crippen molar-refractivity contribution in [3.05, 3.63) is 48.3 Å². The number of hydrogen-bond donors (Lipinski definition) is 2. The van der Waals surface area contributed by atoms with Crippen LogP contribution >= 0.6 is 0 Å². The van der Waals surface area contributed by atoms with Crippen molar-refractivity contribution in [2.75, 3.05) is 0 Å². The maximum Gasteiger partial charge on any atom is 0.223 e. The molecule has 1 saturated carbocycles. The molecule has 0 radical (unpaired) electrons. The van der Waals surface area contributed by atoms with E-state index in [1.165, 1.54) is 0 Å². The monoisotopic (exact) mass is 330 g/mol. The summed E-state index contributed by atoms with van der Waals surface area (Å²) < 4.78 is 10.4. The molecule has 2 aromatic heterocycles. The Bertz CT molecular complexity index is 592. The molecule has 0 bridgehead atoms. The molecular formula is C18H22N2O4. The van der Waals surface area contributed by atoms with E-state index in [0.29, 0.717) is 19.5 Å². The van der Waals surface area contributed by atoms with Gasteiger partial charge < -0.3 is 19.5 Å². The summed E-state index contributed by atoms with van der Waals surface area (Å²) >= 11 is 0. The van der Waals surface area contributed by atoms with E-state index in [1.807, 2.05) is 12.1 Å². The molecule has 24 heavy (non-hydrogen) atoms. The SMILES string of the molecule is O=C(NCc1ccco1)C1CCCC(C(=O)NCc2ccco2)C1. The lowest BCUT2D eigenvalue weighted by molar-refractivity contribution is -0.130. The van der Waals surface area contributed by atoms with E-state index >= 15 is 0 Å². The van der Waals surface area contributed by atoms with Gasteiger partial charge in [-0.25, -0.2) is 0 Å². The first-order valence-electron chi connectivity index (χ1n) is 8.32. The minimum atomic E-state index is -0.118. The van der Waals surface area contributed by atoms with Crippen LogP contribution < -0.4 is 10.6 Å². The highest BCUT2D eigenvalue weighted by Crippen LogP contribution is 2.29. The van der Waals surface area contributed by atoms with Gasteiger partial charge in [0.05, 0.1) is 25.6 Å². The summed E-state index contributed by atoms with van der Waals surface area (Å²) in [6.07, 6.45) is 6.30. The highest BCUT2D eigenvalue weighted by Gasteiger charge is 2.31. The van der Waals surface area contributed by atoms with Gasteiger partial charge in [-0.1, -0.05) is 6.42 Å². The summed E-state index contributed by atoms with van der Waals surface area (Å²) in [4.78, 5) is 24.6. The summed E-state index contributed by atoms with van der Waals surface area (Å²) in [5, 5.41) is 5.78. The predicted molar refractivity (Wildman–Crippen MR) is 86.6 cm³/mol. The molecular weight excluding hydrogens is 308 g/mol. The Morgan fingerprint density at radius 2 is 1.42 bits per heavy atom. The Balaban J connectivity index is 1.46. The largest absolute Gasteiger partial charge is 0.467 e. The molecule has 1 aliphatic rings. The Kier molecular flexibility index (Phi) is 5.36. The zero-order valence-electron chi connectivity index (χ0n) is 13.5. The molecule has 2 heterocycles. The number of carbonyl (C=O) groups excluding carboxylic acids is 2. The summed E-state index contributed by atoms with van der Waals surface area (Å²) in [7, 11) is 0. The van der Waals surface area contributed by atoms with Crippen LogP contribution in [0.1, 0.15) is 37.2 Å². The molecule has 3 rings (SSSR count). The number of nitrogens with one attached hydrogen (secondary N) is 2. The van der Waals surface area contributed by atoms with Crippen LogP contribution in [0.4, 0.5) is 0 Å². The molecule has 0 aromatic carbocycles. The molecule has 2 amide bonds. The van der Waals surface area contributed by atoms with E-state index in [9.17, 15) is 9.59 Å². The third-order valence-corrected chi connectivity index (χ3v) is 4.45. The number of rotatable bonds is 6. The van der Waals surface area contributed by atoms with Crippen LogP contribution in [0.25, 0.3) is 0 Å². The quantitative estimate of drug-likeness (QED) is 0.852. The van der Waals surface area contributed by atoms with Gasteiger partial charge in [0.25, 0.3) is 0 Å². The molecule has 2 atom stereocenters. The van der Waals surface area contributed by atoms with Crippen molar-refractivity contribution in [2.45, 2.75) is 38.8 Å². The predicted octanol–water partition coefficient (Wildman–Crippen LogP) is 2.61. The molecule has 0 spiro atoms. The fourth-order valence-corrected chi connectivity index (χ4v) is 3.13. The van der Waals surface area contributed by atoms with Gasteiger partial charge in [-0.15, -0.1) is 0 Å². The highest BCUT2D eigenvalue weighted by molar-refractivity contribution is 5.82. The molecule has 2 aromatic rings. The molecule has 1 fully saturated rings. The second-order valence-corrected chi connectivity index (χ2v) is 6.15. The number of carbonyl (C=O) groups is 2. The average molecular weight is 330 g/mol. The maximum atomic E-state index is 12.3. The van der Waals surface area contributed by atoms with Gasteiger partial charge in [0.15, 0.2) is 0 Å². The van der Waals surface area contributed by atoms with Crippen LogP contribution in [-0.2, 0) is 22.7 Å². The van der Waals surface area contributed by atoms with E-state index in [2.05, 4.69) is 10.6 Å². The Morgan fingerprint density at radius 3 is 1.83 bits per heavy atom. The van der Waals surface area contributed by atoms with E-state index in [4.69, 9.17) is 8.83 Å². The minimum absolute atomic E-state index is 0.00469. The number of hydrogen-bond acceptors (Lipinski definition) is 4. The summed E-state index contributed by atoms with van der Waals surface area (Å²) in [5.41, 5.74) is 0. The van der Waals surface area contributed by atoms with Crippen LogP contribution in [0, 0.1) is 11.8 Å². The molecule has 128 valence electrons. The van der Waals surface area contributed by atoms with Gasteiger partial charge in [0.1, 0.15) is 11.5 Å². The third kappa shape index (κ3) is 4.28. The fourth-order valence-electron chi connectivity index (χ4n) is 3.13. The Hall–Kier alpha value is -2.50. The van der Waals surface area contributed by atoms with Crippen molar-refractivity contribution < 1.29 is 18.4 Å². The molecule has 0 saturated heterocycles. The zero-order valence-corrected chi connectivity index (χ0v) is 13.5. The van der Waals surface area contributed by atoms with Gasteiger partial charge in [0, 0.05) is 11.8 Å². The van der Waals surface area contributed by atoms with E-state index in [0.717, 1.165) is 30.8 Å². The first kappa shape index (κ1) is 16.4. The average Bonchev–Trinajstić information content (AvgIpc) is 3.31. The van der Waals surface area contributed by atoms with Crippen molar-refractivity contribution in [2.24, 2.45) is 11.8 Å². The van der Waals surface area contributed by atoms with Crippen molar-refractivity contribution in [3.63, 3.8) is 0 Å². The topological polar surface area (TPSA) is 84.5 Å². The van der Waals surface area contributed by atoms with Crippen LogP contribution in [0.2, 0.25) is 0 Å². The normalized spacial score (nSPS) is 20.5. The van der Waals surface area contributed by atoms with Crippen molar-refractivity contribution in [1.82, 2.24) is 10.6 Å². The minimum Gasteiger partial charge on any atom is -0.467 e. The van der Waals surface area contributed by atoms with E-state index < -0.39 is 0 Å². The summed E-state index contributed by atoms with van der Waals surface area (Å²) in [6.45, 7) is 0.773. The van der Waals surface area contributed by atoms with Gasteiger partial charge in [-0.05, 0) is 43.5 Å². The zero-order chi connectivity index (χ0) is 16.8. The van der Waals surface area contributed by atoms with E-state index in [-0.39, 0.29) is 23.7 Å². The lowest BCUT2D eigenvalue weighted by Gasteiger charge is -2.27. The smallest absolute Gasteiger partial charge is 0.223 e. The fraction of sp³-hybridized carbons (Fsp3) is 0.444. The lowest BCUT2D eigenvalue weighted by atomic mass is 9.80. The molecule has 6 heteroatoms. The molecule has 2 unspecified atom stereocenters. The first-order chi connectivity index (χ1) is 11.7. The van der Waals surface area contributed by atoms with Crippen molar-refractivity contribution >= 4 is 11.8 Å². The van der Waals surface area contributed by atoms with Crippen LogP contribution in [0.3, 0.4) is 0 Å². The van der Waals surface area contributed by atoms with Gasteiger partial charge >= 0.3 is 0 Å². The molecule has 0 aliphatic heterocycles. The lowest BCUT2D eigenvalue weighted by Crippen LogP contribution is -2.38. The molecule has 1 aliphatic carbocycles. The summed E-state index contributed by atoms with van der Waals surface area (Å²) in [5.74, 6) is 1.21. The highest BCUT2D eigenvalue weighted by atomic mass is 16.3. The van der Waals surface area contributed by atoms with Gasteiger partial charge in [0.2, 0.25) is 11.8 Å². The maximum absolute atomic E-state index is 12.3. The second kappa shape index (κ2) is 7.86. The molecule has 6 nitrogen and oxygen atoms in total.